The zero-order valence-electron chi connectivity index (χ0n) is 11.8. The fourth-order valence-corrected chi connectivity index (χ4v) is 3.86. The summed E-state index contributed by atoms with van der Waals surface area (Å²) in [4.78, 5) is 0. The Balaban J connectivity index is 1.66. The highest BCUT2D eigenvalue weighted by Crippen LogP contribution is 2.34. The van der Waals surface area contributed by atoms with Gasteiger partial charge in [-0.1, -0.05) is 32.3 Å². The molecule has 3 unspecified atom stereocenters. The molecule has 1 aromatic rings. The van der Waals surface area contributed by atoms with Gasteiger partial charge in [0.05, 0.1) is 0 Å². The van der Waals surface area contributed by atoms with Crippen molar-refractivity contribution in [2.24, 2.45) is 5.92 Å². The molecule has 1 aromatic carbocycles. The van der Waals surface area contributed by atoms with Crippen LogP contribution in [0.25, 0.3) is 0 Å². The molecule has 1 nitrogen and oxygen atoms in total. The van der Waals surface area contributed by atoms with Gasteiger partial charge in [0.1, 0.15) is 5.82 Å². The minimum Gasteiger partial charge on any atom is -0.307 e. The maximum atomic E-state index is 13.2. The lowest BCUT2D eigenvalue weighted by molar-refractivity contribution is 0.261. The van der Waals surface area contributed by atoms with Gasteiger partial charge in [-0.25, -0.2) is 4.39 Å². The zero-order chi connectivity index (χ0) is 13.2. The molecule has 0 heterocycles. The summed E-state index contributed by atoms with van der Waals surface area (Å²) < 4.78 is 13.2. The van der Waals surface area contributed by atoms with E-state index in [1.807, 2.05) is 6.07 Å². The molecule has 0 amide bonds. The minimum absolute atomic E-state index is 0.0943. The summed E-state index contributed by atoms with van der Waals surface area (Å²) in [6, 6.07) is 6.42. The number of rotatable bonds is 3. The van der Waals surface area contributed by atoms with Gasteiger partial charge in [-0.3, -0.25) is 0 Å². The molecule has 1 N–H and O–H groups in total. The smallest absolute Gasteiger partial charge is 0.123 e. The average molecular weight is 261 g/mol. The van der Waals surface area contributed by atoms with Gasteiger partial charge in [0.15, 0.2) is 0 Å². The second-order valence-electron chi connectivity index (χ2n) is 6.24. The Bertz CT molecular complexity index is 443. The van der Waals surface area contributed by atoms with Crippen LogP contribution < -0.4 is 5.32 Å². The second-order valence-corrected chi connectivity index (χ2v) is 6.24. The average Bonchev–Trinajstić information content (AvgIpc) is 2.81. The van der Waals surface area contributed by atoms with Crippen LogP contribution in [0.2, 0.25) is 0 Å². The van der Waals surface area contributed by atoms with Crippen LogP contribution in [0.15, 0.2) is 18.2 Å². The van der Waals surface area contributed by atoms with Gasteiger partial charge < -0.3 is 5.32 Å². The Kier molecular flexibility index (Phi) is 3.88. The van der Waals surface area contributed by atoms with Crippen LogP contribution in [0.4, 0.5) is 4.39 Å². The van der Waals surface area contributed by atoms with Crippen molar-refractivity contribution >= 4 is 0 Å². The predicted molar refractivity (Wildman–Crippen MR) is 76.6 cm³/mol. The molecule has 2 heteroatoms. The van der Waals surface area contributed by atoms with Crippen LogP contribution in [0.1, 0.15) is 62.6 Å². The Hall–Kier alpha value is -0.890. The van der Waals surface area contributed by atoms with Crippen molar-refractivity contribution in [3.63, 3.8) is 0 Å². The number of benzene rings is 1. The lowest BCUT2D eigenvalue weighted by Gasteiger charge is -2.31. The van der Waals surface area contributed by atoms with Crippen LogP contribution in [-0.4, -0.2) is 6.04 Å². The first-order chi connectivity index (χ1) is 9.26. The first-order valence-corrected chi connectivity index (χ1v) is 7.80. The second kappa shape index (κ2) is 5.62. The summed E-state index contributed by atoms with van der Waals surface area (Å²) in [6.07, 6.45) is 8.86. The van der Waals surface area contributed by atoms with Gasteiger partial charge in [0.2, 0.25) is 0 Å². The van der Waals surface area contributed by atoms with Crippen molar-refractivity contribution in [2.75, 3.05) is 0 Å². The highest BCUT2D eigenvalue weighted by molar-refractivity contribution is 5.35. The van der Waals surface area contributed by atoms with Gasteiger partial charge in [-0.2, -0.15) is 0 Å². The van der Waals surface area contributed by atoms with Gasteiger partial charge in [-0.15, -0.1) is 0 Å². The first kappa shape index (κ1) is 13.1. The van der Waals surface area contributed by atoms with Crippen molar-refractivity contribution in [1.82, 2.24) is 5.32 Å². The van der Waals surface area contributed by atoms with Crippen LogP contribution in [-0.2, 0) is 6.42 Å². The Morgan fingerprint density at radius 3 is 3.00 bits per heavy atom. The minimum atomic E-state index is -0.0943. The van der Waals surface area contributed by atoms with E-state index < -0.39 is 0 Å². The van der Waals surface area contributed by atoms with E-state index in [1.54, 1.807) is 12.1 Å². The Morgan fingerprint density at radius 2 is 2.16 bits per heavy atom. The molecule has 1 fully saturated rings. The number of aryl methyl sites for hydroxylation is 1. The van der Waals surface area contributed by atoms with Gasteiger partial charge >= 0.3 is 0 Å². The number of hydrogen-bond donors (Lipinski definition) is 1. The lowest BCUT2D eigenvalue weighted by Crippen LogP contribution is -2.36. The van der Waals surface area contributed by atoms with E-state index in [-0.39, 0.29) is 5.82 Å². The van der Waals surface area contributed by atoms with E-state index in [4.69, 9.17) is 0 Å². The van der Waals surface area contributed by atoms with Crippen LogP contribution in [0, 0.1) is 11.7 Å². The normalized spacial score (nSPS) is 30.3. The molecular weight excluding hydrogens is 237 g/mol. The standard InChI is InChI=1S/C17H24FN/c1-2-12-4-3-5-15(10-12)19-17-9-6-13-11-14(18)7-8-16(13)17/h7-8,11-12,15,17,19H,2-6,9-10H2,1H3. The molecule has 0 spiro atoms. The topological polar surface area (TPSA) is 12.0 Å². The predicted octanol–water partition coefficient (Wildman–Crippen LogP) is 4.37. The molecule has 3 atom stereocenters. The largest absolute Gasteiger partial charge is 0.307 e. The van der Waals surface area contributed by atoms with E-state index in [9.17, 15) is 4.39 Å². The summed E-state index contributed by atoms with van der Waals surface area (Å²) in [5.41, 5.74) is 2.54. The molecule has 0 bridgehead atoms. The molecule has 2 aliphatic carbocycles. The highest BCUT2D eigenvalue weighted by atomic mass is 19.1. The molecule has 3 rings (SSSR count). The Labute approximate surface area is 115 Å². The molecular formula is C17H24FN. The molecule has 0 saturated heterocycles. The number of halogens is 1. The highest BCUT2D eigenvalue weighted by Gasteiger charge is 2.27. The quantitative estimate of drug-likeness (QED) is 0.852. The number of nitrogens with one attached hydrogen (secondary N) is 1. The van der Waals surface area contributed by atoms with Crippen LogP contribution >= 0.6 is 0 Å². The van der Waals surface area contributed by atoms with E-state index in [2.05, 4.69) is 12.2 Å². The zero-order valence-corrected chi connectivity index (χ0v) is 11.8. The maximum Gasteiger partial charge on any atom is 0.123 e. The van der Waals surface area contributed by atoms with E-state index in [0.29, 0.717) is 12.1 Å². The first-order valence-electron chi connectivity index (χ1n) is 7.80. The summed E-state index contributed by atoms with van der Waals surface area (Å²) in [6.45, 7) is 2.31. The molecule has 0 aliphatic heterocycles. The van der Waals surface area contributed by atoms with E-state index >= 15 is 0 Å². The van der Waals surface area contributed by atoms with Gasteiger partial charge in [-0.05, 0) is 54.9 Å². The SMILES string of the molecule is CCC1CCCC(NC2CCc3cc(F)ccc32)C1. The molecule has 104 valence electrons. The van der Waals surface area contributed by atoms with Crippen molar-refractivity contribution in [2.45, 2.75) is 64.0 Å². The van der Waals surface area contributed by atoms with E-state index in [0.717, 1.165) is 18.8 Å². The summed E-state index contributed by atoms with van der Waals surface area (Å²) in [5, 5.41) is 3.84. The van der Waals surface area contributed by atoms with Crippen molar-refractivity contribution in [1.29, 1.82) is 0 Å². The van der Waals surface area contributed by atoms with Gasteiger partial charge in [0.25, 0.3) is 0 Å². The van der Waals surface area contributed by atoms with Crippen molar-refractivity contribution in [3.05, 3.63) is 35.1 Å². The Morgan fingerprint density at radius 1 is 1.26 bits per heavy atom. The van der Waals surface area contributed by atoms with E-state index in [1.165, 1.54) is 43.2 Å². The summed E-state index contributed by atoms with van der Waals surface area (Å²) >= 11 is 0. The molecule has 0 radical (unpaired) electrons. The van der Waals surface area contributed by atoms with Crippen molar-refractivity contribution < 1.29 is 4.39 Å². The molecule has 19 heavy (non-hydrogen) atoms. The molecule has 0 aromatic heterocycles. The van der Waals surface area contributed by atoms with Crippen molar-refractivity contribution in [3.8, 4) is 0 Å². The van der Waals surface area contributed by atoms with Gasteiger partial charge in [0, 0.05) is 12.1 Å². The monoisotopic (exact) mass is 261 g/mol. The van der Waals surface area contributed by atoms with Crippen LogP contribution in [0.5, 0.6) is 0 Å². The fraction of sp³-hybridized carbons (Fsp3) is 0.647. The molecule has 2 aliphatic rings. The number of hydrogen-bond acceptors (Lipinski definition) is 1. The summed E-state index contributed by atoms with van der Waals surface area (Å²) in [5.74, 6) is 0.809. The fourth-order valence-electron chi connectivity index (χ4n) is 3.86. The number of fused-ring (bicyclic) bond motifs is 1. The summed E-state index contributed by atoms with van der Waals surface area (Å²) in [7, 11) is 0. The lowest BCUT2D eigenvalue weighted by atomic mass is 9.84. The third-order valence-corrected chi connectivity index (χ3v) is 4.98. The molecule has 1 saturated carbocycles. The van der Waals surface area contributed by atoms with Crippen LogP contribution in [0.3, 0.4) is 0 Å². The maximum absolute atomic E-state index is 13.2. The third-order valence-electron chi connectivity index (χ3n) is 4.98. The third kappa shape index (κ3) is 2.84.